The van der Waals surface area contributed by atoms with E-state index >= 15 is 0 Å². The Balaban J connectivity index is 2.16. The number of aromatic nitrogens is 2. The molecule has 1 aromatic heterocycles. The number of anilines is 2. The van der Waals surface area contributed by atoms with Crippen molar-refractivity contribution >= 4 is 29.1 Å². The molecular weight excluding hydrogens is 312 g/mol. The van der Waals surface area contributed by atoms with Gasteiger partial charge in [-0.2, -0.15) is 0 Å². The number of carbonyl (C=O) groups excluding carboxylic acids is 1. The Morgan fingerprint density at radius 2 is 1.96 bits per heavy atom. The number of halogens is 1. The molecule has 0 atom stereocenters. The summed E-state index contributed by atoms with van der Waals surface area (Å²) in [4.78, 5) is 21.0. The molecule has 23 heavy (non-hydrogen) atoms. The van der Waals surface area contributed by atoms with Gasteiger partial charge in [-0.1, -0.05) is 31.5 Å². The van der Waals surface area contributed by atoms with Crippen LogP contribution in [0.25, 0.3) is 0 Å². The third kappa shape index (κ3) is 4.93. The van der Waals surface area contributed by atoms with E-state index in [1.54, 1.807) is 12.1 Å². The van der Waals surface area contributed by atoms with Crippen molar-refractivity contribution in [2.24, 2.45) is 5.92 Å². The smallest absolute Gasteiger partial charge is 0.274 e. The first-order valence-corrected chi connectivity index (χ1v) is 7.90. The molecule has 2 aromatic rings. The summed E-state index contributed by atoms with van der Waals surface area (Å²) in [5, 5.41) is 6.55. The molecule has 2 N–H and O–H groups in total. The van der Waals surface area contributed by atoms with E-state index in [9.17, 15) is 4.79 Å². The normalized spacial score (nSPS) is 10.7. The second kappa shape index (κ2) is 7.42. The lowest BCUT2D eigenvalue weighted by molar-refractivity contribution is 0.102. The van der Waals surface area contributed by atoms with E-state index in [0.717, 1.165) is 17.8 Å². The molecule has 0 spiro atoms. The molecule has 0 aliphatic rings. The van der Waals surface area contributed by atoms with Gasteiger partial charge in [0.1, 0.15) is 5.69 Å². The van der Waals surface area contributed by atoms with E-state index < -0.39 is 0 Å². The maximum Gasteiger partial charge on any atom is 0.274 e. The van der Waals surface area contributed by atoms with Crippen LogP contribution >= 0.6 is 11.6 Å². The number of hydrogen-bond acceptors (Lipinski definition) is 4. The van der Waals surface area contributed by atoms with Gasteiger partial charge in [-0.15, -0.1) is 0 Å². The fraction of sp³-hybridized carbons (Fsp3) is 0.353. The monoisotopic (exact) mass is 332 g/mol. The number of nitrogens with zero attached hydrogens (tertiary/aromatic N) is 2. The lowest BCUT2D eigenvalue weighted by Crippen LogP contribution is -2.17. The third-order valence-electron chi connectivity index (χ3n) is 3.18. The highest BCUT2D eigenvalue weighted by molar-refractivity contribution is 6.31. The van der Waals surface area contributed by atoms with E-state index in [2.05, 4.69) is 34.4 Å². The fourth-order valence-corrected chi connectivity index (χ4v) is 2.11. The van der Waals surface area contributed by atoms with Crippen LogP contribution in [0.1, 0.15) is 35.6 Å². The molecule has 0 saturated heterocycles. The Hall–Kier alpha value is -2.14. The Morgan fingerprint density at radius 1 is 1.22 bits per heavy atom. The number of amides is 1. The molecule has 0 aliphatic carbocycles. The Labute approximate surface area is 141 Å². The molecule has 1 heterocycles. The first-order chi connectivity index (χ1) is 10.8. The molecule has 0 unspecified atom stereocenters. The highest BCUT2D eigenvalue weighted by Crippen LogP contribution is 2.20. The summed E-state index contributed by atoms with van der Waals surface area (Å²) in [5.41, 5.74) is 2.65. The average Bonchev–Trinajstić information content (AvgIpc) is 2.48. The van der Waals surface area contributed by atoms with Crippen LogP contribution < -0.4 is 10.6 Å². The van der Waals surface area contributed by atoms with Gasteiger partial charge < -0.3 is 10.6 Å². The standard InChI is InChI=1S/C17H21ClN4O/c1-10(2)9-19-17-20-12(4)7-15(22-17)16(23)21-13-6-5-11(3)14(18)8-13/h5-8,10H,9H2,1-4H3,(H,21,23)(H,19,20,22). The van der Waals surface area contributed by atoms with Crippen molar-refractivity contribution in [1.82, 2.24) is 9.97 Å². The minimum atomic E-state index is -0.289. The Bertz CT molecular complexity index is 716. The van der Waals surface area contributed by atoms with Crippen LogP contribution in [-0.2, 0) is 0 Å². The van der Waals surface area contributed by atoms with Crippen molar-refractivity contribution in [3.05, 3.63) is 46.2 Å². The van der Waals surface area contributed by atoms with Crippen LogP contribution in [0.5, 0.6) is 0 Å². The molecule has 122 valence electrons. The van der Waals surface area contributed by atoms with Gasteiger partial charge in [0, 0.05) is 22.9 Å². The van der Waals surface area contributed by atoms with Gasteiger partial charge in [-0.05, 0) is 43.5 Å². The minimum absolute atomic E-state index is 0.289. The molecule has 2 rings (SSSR count). The van der Waals surface area contributed by atoms with Crippen LogP contribution in [0.2, 0.25) is 5.02 Å². The molecule has 5 nitrogen and oxygen atoms in total. The highest BCUT2D eigenvalue weighted by Gasteiger charge is 2.12. The highest BCUT2D eigenvalue weighted by atomic mass is 35.5. The number of nitrogens with one attached hydrogen (secondary N) is 2. The Morgan fingerprint density at radius 3 is 2.61 bits per heavy atom. The first kappa shape index (κ1) is 17.2. The molecular formula is C17H21ClN4O. The van der Waals surface area contributed by atoms with E-state index in [4.69, 9.17) is 11.6 Å². The zero-order valence-electron chi connectivity index (χ0n) is 13.8. The van der Waals surface area contributed by atoms with Gasteiger partial charge in [0.2, 0.25) is 5.95 Å². The van der Waals surface area contributed by atoms with E-state index in [1.807, 2.05) is 26.0 Å². The second-order valence-corrected chi connectivity index (χ2v) is 6.32. The quantitative estimate of drug-likeness (QED) is 0.866. The topological polar surface area (TPSA) is 66.9 Å². The maximum absolute atomic E-state index is 12.4. The van der Waals surface area contributed by atoms with E-state index in [0.29, 0.717) is 28.3 Å². The van der Waals surface area contributed by atoms with Crippen LogP contribution in [0.4, 0.5) is 11.6 Å². The van der Waals surface area contributed by atoms with E-state index in [1.165, 1.54) is 0 Å². The lowest BCUT2D eigenvalue weighted by atomic mass is 10.2. The molecule has 1 amide bonds. The summed E-state index contributed by atoms with van der Waals surface area (Å²) < 4.78 is 0. The van der Waals surface area contributed by atoms with Gasteiger partial charge >= 0.3 is 0 Å². The van der Waals surface area contributed by atoms with Gasteiger partial charge in [-0.25, -0.2) is 9.97 Å². The third-order valence-corrected chi connectivity index (χ3v) is 3.59. The minimum Gasteiger partial charge on any atom is -0.354 e. The fourth-order valence-electron chi connectivity index (χ4n) is 1.93. The number of carbonyl (C=O) groups is 1. The molecule has 0 saturated carbocycles. The summed E-state index contributed by atoms with van der Waals surface area (Å²) in [7, 11) is 0. The number of aryl methyl sites for hydroxylation is 2. The molecule has 0 aliphatic heterocycles. The van der Waals surface area contributed by atoms with Crippen molar-refractivity contribution < 1.29 is 4.79 Å². The number of rotatable bonds is 5. The predicted molar refractivity (Wildman–Crippen MR) is 94.2 cm³/mol. The summed E-state index contributed by atoms with van der Waals surface area (Å²) >= 11 is 6.08. The van der Waals surface area contributed by atoms with Crippen LogP contribution in [-0.4, -0.2) is 22.4 Å². The molecule has 0 fully saturated rings. The largest absolute Gasteiger partial charge is 0.354 e. The van der Waals surface area contributed by atoms with Crippen LogP contribution in [0.15, 0.2) is 24.3 Å². The lowest BCUT2D eigenvalue weighted by Gasteiger charge is -2.10. The van der Waals surface area contributed by atoms with Gasteiger partial charge in [0.15, 0.2) is 0 Å². The van der Waals surface area contributed by atoms with Crippen molar-refractivity contribution in [1.29, 1.82) is 0 Å². The first-order valence-electron chi connectivity index (χ1n) is 7.52. The van der Waals surface area contributed by atoms with Gasteiger partial charge in [0.25, 0.3) is 5.91 Å². The second-order valence-electron chi connectivity index (χ2n) is 5.91. The van der Waals surface area contributed by atoms with Crippen molar-refractivity contribution in [3.8, 4) is 0 Å². The molecule has 1 aromatic carbocycles. The summed E-state index contributed by atoms with van der Waals surface area (Å²) in [6, 6.07) is 7.05. The SMILES string of the molecule is Cc1cc(C(=O)Nc2ccc(C)c(Cl)c2)nc(NCC(C)C)n1. The summed E-state index contributed by atoms with van der Waals surface area (Å²) in [5.74, 6) is 0.639. The van der Waals surface area contributed by atoms with Crippen LogP contribution in [0.3, 0.4) is 0 Å². The van der Waals surface area contributed by atoms with Gasteiger partial charge in [-0.3, -0.25) is 4.79 Å². The summed E-state index contributed by atoms with van der Waals surface area (Å²) in [6.45, 7) is 8.68. The van der Waals surface area contributed by atoms with E-state index in [-0.39, 0.29) is 5.91 Å². The predicted octanol–water partition coefficient (Wildman–Crippen LogP) is 4.07. The average molecular weight is 333 g/mol. The van der Waals surface area contributed by atoms with Crippen molar-refractivity contribution in [3.63, 3.8) is 0 Å². The summed E-state index contributed by atoms with van der Waals surface area (Å²) in [6.07, 6.45) is 0. The zero-order chi connectivity index (χ0) is 17.0. The number of hydrogen-bond donors (Lipinski definition) is 2. The molecule has 0 bridgehead atoms. The molecule has 6 heteroatoms. The van der Waals surface area contributed by atoms with Crippen LogP contribution in [0, 0.1) is 19.8 Å². The van der Waals surface area contributed by atoms with Gasteiger partial charge in [0.05, 0.1) is 0 Å². The molecule has 0 radical (unpaired) electrons. The number of benzene rings is 1. The van der Waals surface area contributed by atoms with Crippen molar-refractivity contribution in [2.45, 2.75) is 27.7 Å². The Kier molecular flexibility index (Phi) is 5.55. The van der Waals surface area contributed by atoms with Crippen molar-refractivity contribution in [2.75, 3.05) is 17.2 Å². The zero-order valence-corrected chi connectivity index (χ0v) is 14.5. The maximum atomic E-state index is 12.4.